The second kappa shape index (κ2) is 8.67. The molecule has 4 nitrogen and oxygen atoms in total. The number of thiazole rings is 1. The molecule has 2 N–H and O–H groups in total. The Kier molecular flexibility index (Phi) is 6.59. The van der Waals surface area contributed by atoms with Gasteiger partial charge in [0.15, 0.2) is 5.96 Å². The van der Waals surface area contributed by atoms with Crippen LogP contribution in [0.3, 0.4) is 0 Å². The van der Waals surface area contributed by atoms with Gasteiger partial charge in [-0.05, 0) is 25.3 Å². The number of aliphatic imine (C=N–C) groups is 1. The Morgan fingerprint density at radius 3 is 2.78 bits per heavy atom. The standard InChI is InChI=1S/C18H26N4S/c1-5-19-18(20-10-15-8-6-7-14(4)9-15)21-11-17-22-16(12-23-17)13(2)3/h6-9,12-13H,5,10-11H2,1-4H3,(H2,19,20,21). The Hall–Kier alpha value is -1.88. The van der Waals surface area contributed by atoms with Crippen molar-refractivity contribution in [3.8, 4) is 0 Å². The van der Waals surface area contributed by atoms with Gasteiger partial charge in [-0.25, -0.2) is 9.98 Å². The van der Waals surface area contributed by atoms with Crippen LogP contribution in [0.2, 0.25) is 0 Å². The highest BCUT2D eigenvalue weighted by atomic mass is 32.1. The predicted molar refractivity (Wildman–Crippen MR) is 99.0 cm³/mol. The van der Waals surface area contributed by atoms with Gasteiger partial charge in [0.1, 0.15) is 5.01 Å². The number of nitrogens with one attached hydrogen (secondary N) is 2. The van der Waals surface area contributed by atoms with Crippen LogP contribution in [0.5, 0.6) is 0 Å². The molecule has 0 bridgehead atoms. The Bertz CT molecular complexity index is 646. The highest BCUT2D eigenvalue weighted by Gasteiger charge is 2.06. The van der Waals surface area contributed by atoms with E-state index >= 15 is 0 Å². The van der Waals surface area contributed by atoms with Gasteiger partial charge in [0.25, 0.3) is 0 Å². The Balaban J connectivity index is 1.95. The molecule has 0 fully saturated rings. The van der Waals surface area contributed by atoms with Crippen LogP contribution >= 0.6 is 11.3 Å². The van der Waals surface area contributed by atoms with E-state index in [2.05, 4.69) is 78.0 Å². The van der Waals surface area contributed by atoms with Crippen LogP contribution in [-0.2, 0) is 13.1 Å². The fourth-order valence-corrected chi connectivity index (χ4v) is 3.05. The maximum atomic E-state index is 4.65. The van der Waals surface area contributed by atoms with E-state index in [0.717, 1.165) is 23.2 Å². The van der Waals surface area contributed by atoms with Crippen molar-refractivity contribution in [3.05, 3.63) is 51.5 Å². The zero-order valence-corrected chi connectivity index (χ0v) is 15.2. The molecular weight excluding hydrogens is 304 g/mol. The molecule has 0 saturated carbocycles. The first-order valence-electron chi connectivity index (χ1n) is 8.10. The fourth-order valence-electron chi connectivity index (χ4n) is 2.15. The maximum absolute atomic E-state index is 4.65. The lowest BCUT2D eigenvalue weighted by atomic mass is 10.1. The van der Waals surface area contributed by atoms with Crippen molar-refractivity contribution >= 4 is 17.3 Å². The number of benzene rings is 1. The quantitative estimate of drug-likeness (QED) is 0.625. The first kappa shape index (κ1) is 17.5. The molecule has 0 radical (unpaired) electrons. The van der Waals surface area contributed by atoms with Gasteiger partial charge in [-0.15, -0.1) is 11.3 Å². The van der Waals surface area contributed by atoms with E-state index < -0.39 is 0 Å². The van der Waals surface area contributed by atoms with Gasteiger partial charge >= 0.3 is 0 Å². The molecule has 1 aromatic carbocycles. The third-order valence-corrected chi connectivity index (χ3v) is 4.28. The van der Waals surface area contributed by atoms with E-state index in [-0.39, 0.29) is 0 Å². The third-order valence-electron chi connectivity index (χ3n) is 3.41. The van der Waals surface area contributed by atoms with Gasteiger partial charge < -0.3 is 10.6 Å². The van der Waals surface area contributed by atoms with E-state index in [0.29, 0.717) is 19.0 Å². The van der Waals surface area contributed by atoms with Gasteiger partial charge in [-0.1, -0.05) is 43.7 Å². The minimum absolute atomic E-state index is 0.475. The summed E-state index contributed by atoms with van der Waals surface area (Å²) in [4.78, 5) is 9.30. The SMILES string of the molecule is CCNC(=NCc1cccc(C)c1)NCc1nc(C(C)C)cs1. The van der Waals surface area contributed by atoms with Gasteiger partial charge in [0.2, 0.25) is 0 Å². The molecule has 2 rings (SSSR count). The highest BCUT2D eigenvalue weighted by Crippen LogP contribution is 2.17. The monoisotopic (exact) mass is 330 g/mol. The summed E-state index contributed by atoms with van der Waals surface area (Å²) in [7, 11) is 0. The van der Waals surface area contributed by atoms with E-state index in [9.17, 15) is 0 Å². The smallest absolute Gasteiger partial charge is 0.191 e. The van der Waals surface area contributed by atoms with Crippen LogP contribution < -0.4 is 10.6 Å². The number of nitrogens with zero attached hydrogens (tertiary/aromatic N) is 2. The Labute approximate surface area is 143 Å². The second-order valence-corrected chi connectivity index (χ2v) is 6.80. The third kappa shape index (κ3) is 5.67. The Morgan fingerprint density at radius 1 is 1.30 bits per heavy atom. The topological polar surface area (TPSA) is 49.3 Å². The lowest BCUT2D eigenvalue weighted by Crippen LogP contribution is -2.36. The van der Waals surface area contributed by atoms with Crippen LogP contribution in [-0.4, -0.2) is 17.5 Å². The number of guanidine groups is 1. The average Bonchev–Trinajstić information content (AvgIpc) is 2.99. The van der Waals surface area contributed by atoms with E-state index in [4.69, 9.17) is 0 Å². The fraction of sp³-hybridized carbons (Fsp3) is 0.444. The van der Waals surface area contributed by atoms with Crippen LogP contribution in [0.1, 0.15) is 48.5 Å². The van der Waals surface area contributed by atoms with Crippen molar-refractivity contribution < 1.29 is 0 Å². The molecule has 124 valence electrons. The summed E-state index contributed by atoms with van der Waals surface area (Å²) in [6.45, 7) is 10.7. The molecule has 0 atom stereocenters. The van der Waals surface area contributed by atoms with Gasteiger partial charge in [0.05, 0.1) is 18.8 Å². The molecule has 5 heteroatoms. The first-order valence-corrected chi connectivity index (χ1v) is 8.98. The van der Waals surface area contributed by atoms with E-state index in [1.54, 1.807) is 11.3 Å². The maximum Gasteiger partial charge on any atom is 0.191 e. The van der Waals surface area contributed by atoms with Crippen LogP contribution in [0.4, 0.5) is 0 Å². The molecule has 1 heterocycles. The number of hydrogen-bond donors (Lipinski definition) is 2. The summed E-state index contributed by atoms with van der Waals surface area (Å²) in [6, 6.07) is 8.45. The van der Waals surface area contributed by atoms with Crippen molar-refractivity contribution in [2.45, 2.75) is 46.7 Å². The van der Waals surface area contributed by atoms with Gasteiger partial charge in [-0.3, -0.25) is 0 Å². The molecule has 2 aromatic rings. The number of hydrogen-bond acceptors (Lipinski definition) is 3. The van der Waals surface area contributed by atoms with Crippen molar-refractivity contribution in [2.75, 3.05) is 6.54 Å². The van der Waals surface area contributed by atoms with Gasteiger partial charge in [0, 0.05) is 11.9 Å². The summed E-state index contributed by atoms with van der Waals surface area (Å²) < 4.78 is 0. The molecule has 0 aliphatic heterocycles. The minimum atomic E-state index is 0.475. The molecule has 0 amide bonds. The van der Waals surface area contributed by atoms with Crippen molar-refractivity contribution in [2.24, 2.45) is 4.99 Å². The predicted octanol–water partition coefficient (Wildman–Crippen LogP) is 3.83. The van der Waals surface area contributed by atoms with Crippen LogP contribution in [0, 0.1) is 6.92 Å². The molecule has 0 aliphatic carbocycles. The summed E-state index contributed by atoms with van der Waals surface area (Å²) in [5, 5.41) is 9.87. The van der Waals surface area contributed by atoms with Crippen molar-refractivity contribution in [1.29, 1.82) is 0 Å². The molecule has 0 spiro atoms. The number of aromatic nitrogens is 1. The summed E-state index contributed by atoms with van der Waals surface area (Å²) in [5.74, 6) is 1.30. The second-order valence-electron chi connectivity index (χ2n) is 5.86. The van der Waals surface area contributed by atoms with Crippen molar-refractivity contribution in [1.82, 2.24) is 15.6 Å². The molecule has 0 unspecified atom stereocenters. The van der Waals surface area contributed by atoms with E-state index in [1.165, 1.54) is 11.1 Å². The largest absolute Gasteiger partial charge is 0.357 e. The van der Waals surface area contributed by atoms with E-state index in [1.807, 2.05) is 0 Å². The lowest BCUT2D eigenvalue weighted by molar-refractivity contribution is 0.788. The van der Waals surface area contributed by atoms with Crippen LogP contribution in [0.25, 0.3) is 0 Å². The first-order chi connectivity index (χ1) is 11.1. The summed E-state index contributed by atoms with van der Waals surface area (Å²) in [6.07, 6.45) is 0. The lowest BCUT2D eigenvalue weighted by Gasteiger charge is -2.10. The Morgan fingerprint density at radius 2 is 2.13 bits per heavy atom. The molecule has 1 aromatic heterocycles. The van der Waals surface area contributed by atoms with Crippen LogP contribution in [0.15, 0.2) is 34.6 Å². The molecule has 23 heavy (non-hydrogen) atoms. The van der Waals surface area contributed by atoms with Gasteiger partial charge in [-0.2, -0.15) is 0 Å². The highest BCUT2D eigenvalue weighted by molar-refractivity contribution is 7.09. The van der Waals surface area contributed by atoms with Crippen molar-refractivity contribution in [3.63, 3.8) is 0 Å². The minimum Gasteiger partial charge on any atom is -0.357 e. The normalized spacial score (nSPS) is 11.8. The molecule has 0 saturated heterocycles. The zero-order chi connectivity index (χ0) is 16.7. The summed E-state index contributed by atoms with van der Waals surface area (Å²) >= 11 is 1.70. The average molecular weight is 331 g/mol. The number of rotatable bonds is 6. The molecular formula is C18H26N4S. The zero-order valence-electron chi connectivity index (χ0n) is 14.4. The summed E-state index contributed by atoms with van der Waals surface area (Å²) in [5.41, 5.74) is 3.65. The number of aryl methyl sites for hydroxylation is 1. The molecule has 0 aliphatic rings.